The number of benzene rings is 1. The molecule has 2 aliphatic rings. The van der Waals surface area contributed by atoms with Gasteiger partial charge < -0.3 is 25.0 Å². The van der Waals surface area contributed by atoms with Gasteiger partial charge in [0, 0.05) is 25.6 Å². The van der Waals surface area contributed by atoms with Crippen LogP contribution < -0.4 is 20.1 Å². The third-order valence-corrected chi connectivity index (χ3v) is 5.36. The van der Waals surface area contributed by atoms with Crippen molar-refractivity contribution in [3.05, 3.63) is 17.7 Å². The molecular weight excluding hydrogens is 346 g/mol. The quantitative estimate of drug-likeness (QED) is 0.764. The van der Waals surface area contributed by atoms with Crippen LogP contribution in [0.4, 0.5) is 5.69 Å². The highest BCUT2D eigenvalue weighted by atomic mass is 16.5. The second-order valence-corrected chi connectivity index (χ2v) is 7.20. The highest BCUT2D eigenvalue weighted by Crippen LogP contribution is 2.34. The fourth-order valence-electron chi connectivity index (χ4n) is 3.76. The van der Waals surface area contributed by atoms with Crippen LogP contribution in [0, 0.1) is 5.92 Å². The van der Waals surface area contributed by atoms with Crippen LogP contribution in [0.5, 0.6) is 11.5 Å². The molecule has 0 aromatic heterocycles. The third kappa shape index (κ3) is 4.71. The first-order valence-corrected chi connectivity index (χ1v) is 9.68. The van der Waals surface area contributed by atoms with E-state index in [0.29, 0.717) is 35.1 Å². The minimum atomic E-state index is -0.0799. The first-order chi connectivity index (χ1) is 13.1. The minimum absolute atomic E-state index is 0.0791. The van der Waals surface area contributed by atoms with Crippen LogP contribution in [-0.2, 0) is 4.79 Å². The van der Waals surface area contributed by atoms with Crippen LogP contribution in [0.2, 0.25) is 0 Å². The Morgan fingerprint density at radius 3 is 2.52 bits per heavy atom. The topological polar surface area (TPSA) is 79.9 Å². The highest BCUT2D eigenvalue weighted by Gasteiger charge is 2.25. The average Bonchev–Trinajstić information content (AvgIpc) is 3.39. The van der Waals surface area contributed by atoms with E-state index in [0.717, 1.165) is 51.9 Å². The molecule has 7 heteroatoms. The van der Waals surface area contributed by atoms with Gasteiger partial charge in [-0.05, 0) is 50.8 Å². The van der Waals surface area contributed by atoms with Crippen molar-refractivity contribution in [2.45, 2.75) is 32.1 Å². The number of nitrogens with zero attached hydrogens (tertiary/aromatic N) is 1. The number of hydrogen-bond acceptors (Lipinski definition) is 5. The van der Waals surface area contributed by atoms with E-state index >= 15 is 0 Å². The van der Waals surface area contributed by atoms with Gasteiger partial charge in [0.1, 0.15) is 0 Å². The summed E-state index contributed by atoms with van der Waals surface area (Å²) in [7, 11) is 3.08. The Morgan fingerprint density at radius 1 is 1.19 bits per heavy atom. The lowest BCUT2D eigenvalue weighted by atomic mass is 10.0. The number of rotatable bonds is 7. The number of methoxy groups -OCH3 is 2. The molecule has 2 amide bonds. The summed E-state index contributed by atoms with van der Waals surface area (Å²) >= 11 is 0. The van der Waals surface area contributed by atoms with Crippen molar-refractivity contribution < 1.29 is 19.1 Å². The van der Waals surface area contributed by atoms with Crippen molar-refractivity contribution in [3.8, 4) is 11.5 Å². The lowest BCUT2D eigenvalue weighted by Gasteiger charge is -2.20. The van der Waals surface area contributed by atoms with Crippen LogP contribution in [0.25, 0.3) is 0 Å². The fourth-order valence-corrected chi connectivity index (χ4v) is 3.76. The second-order valence-electron chi connectivity index (χ2n) is 7.20. The maximum Gasteiger partial charge on any atom is 0.256 e. The van der Waals surface area contributed by atoms with E-state index < -0.39 is 0 Å². The minimum Gasteiger partial charge on any atom is -0.493 e. The smallest absolute Gasteiger partial charge is 0.256 e. The Kier molecular flexibility index (Phi) is 6.55. The van der Waals surface area contributed by atoms with Crippen molar-refractivity contribution in [1.82, 2.24) is 10.2 Å². The van der Waals surface area contributed by atoms with Gasteiger partial charge in [-0.3, -0.25) is 9.59 Å². The van der Waals surface area contributed by atoms with Crippen LogP contribution in [-0.4, -0.2) is 57.1 Å². The predicted octanol–water partition coefficient (Wildman–Crippen LogP) is 2.27. The van der Waals surface area contributed by atoms with Gasteiger partial charge in [-0.1, -0.05) is 0 Å². The number of amides is 2. The van der Waals surface area contributed by atoms with E-state index in [1.165, 1.54) is 7.11 Å². The number of nitrogens with one attached hydrogen (secondary N) is 2. The molecule has 2 fully saturated rings. The molecule has 0 aliphatic carbocycles. The molecule has 2 saturated heterocycles. The van der Waals surface area contributed by atoms with Gasteiger partial charge in [0.2, 0.25) is 5.91 Å². The second kappa shape index (κ2) is 9.08. The fraction of sp³-hybridized carbons (Fsp3) is 0.600. The van der Waals surface area contributed by atoms with E-state index in [1.807, 2.05) is 4.90 Å². The highest BCUT2D eigenvalue weighted by molar-refractivity contribution is 6.04. The van der Waals surface area contributed by atoms with E-state index in [-0.39, 0.29) is 11.8 Å². The van der Waals surface area contributed by atoms with E-state index in [9.17, 15) is 9.59 Å². The first kappa shape index (κ1) is 19.5. The summed E-state index contributed by atoms with van der Waals surface area (Å²) in [5.41, 5.74) is 0.935. The molecule has 0 bridgehead atoms. The lowest BCUT2D eigenvalue weighted by molar-refractivity contribution is -0.116. The normalized spacial score (nSPS) is 19.2. The molecule has 2 N–H and O–H groups in total. The zero-order valence-electron chi connectivity index (χ0n) is 16.2. The molecule has 7 nitrogen and oxygen atoms in total. The Labute approximate surface area is 160 Å². The summed E-state index contributed by atoms with van der Waals surface area (Å²) in [4.78, 5) is 27.3. The van der Waals surface area contributed by atoms with E-state index in [1.54, 1.807) is 19.2 Å². The molecule has 1 aromatic carbocycles. The Balaban J connectivity index is 1.77. The molecular formula is C20H29N3O4. The van der Waals surface area contributed by atoms with Crippen molar-refractivity contribution in [3.63, 3.8) is 0 Å². The van der Waals surface area contributed by atoms with Gasteiger partial charge in [-0.25, -0.2) is 0 Å². The summed E-state index contributed by atoms with van der Waals surface area (Å²) in [6.07, 6.45) is 4.42. The molecule has 1 aromatic rings. The summed E-state index contributed by atoms with van der Waals surface area (Å²) in [5, 5.41) is 6.24. The van der Waals surface area contributed by atoms with Gasteiger partial charge in [0.05, 0.1) is 25.5 Å². The molecule has 1 unspecified atom stereocenters. The van der Waals surface area contributed by atoms with Crippen molar-refractivity contribution >= 4 is 17.5 Å². The van der Waals surface area contributed by atoms with Crippen molar-refractivity contribution in [2.24, 2.45) is 5.92 Å². The van der Waals surface area contributed by atoms with Crippen LogP contribution in [0.15, 0.2) is 12.1 Å². The molecule has 3 rings (SSSR count). The van der Waals surface area contributed by atoms with Crippen molar-refractivity contribution in [2.75, 3.05) is 45.7 Å². The molecule has 0 spiro atoms. The van der Waals surface area contributed by atoms with Gasteiger partial charge in [0.15, 0.2) is 11.5 Å². The van der Waals surface area contributed by atoms with Gasteiger partial charge >= 0.3 is 0 Å². The molecule has 0 saturated carbocycles. The maximum absolute atomic E-state index is 13.0. The predicted molar refractivity (Wildman–Crippen MR) is 104 cm³/mol. The first-order valence-electron chi connectivity index (χ1n) is 9.68. The van der Waals surface area contributed by atoms with Gasteiger partial charge in [-0.2, -0.15) is 0 Å². The number of ether oxygens (including phenoxy) is 2. The number of carbonyl (C=O) groups is 2. The molecule has 1 atom stereocenters. The number of carbonyl (C=O) groups excluding carboxylic acids is 2. The van der Waals surface area contributed by atoms with Crippen LogP contribution >= 0.6 is 0 Å². The van der Waals surface area contributed by atoms with Gasteiger partial charge in [-0.15, -0.1) is 0 Å². The molecule has 2 aliphatic heterocycles. The Bertz CT molecular complexity index is 680. The summed E-state index contributed by atoms with van der Waals surface area (Å²) in [6, 6.07) is 3.34. The zero-order valence-corrected chi connectivity index (χ0v) is 16.2. The van der Waals surface area contributed by atoms with Crippen molar-refractivity contribution in [1.29, 1.82) is 0 Å². The molecule has 2 heterocycles. The number of likely N-dealkylation sites (tertiary alicyclic amines) is 1. The monoisotopic (exact) mass is 375 g/mol. The average molecular weight is 375 g/mol. The molecule has 27 heavy (non-hydrogen) atoms. The molecule has 0 radical (unpaired) electrons. The van der Waals surface area contributed by atoms with Crippen LogP contribution in [0.3, 0.4) is 0 Å². The number of anilines is 1. The number of hydrogen-bond donors (Lipinski definition) is 2. The Hall–Kier alpha value is -2.28. The lowest BCUT2D eigenvalue weighted by Crippen LogP contribution is -2.29. The summed E-state index contributed by atoms with van der Waals surface area (Å²) in [5.74, 6) is 1.36. The van der Waals surface area contributed by atoms with Gasteiger partial charge in [0.25, 0.3) is 5.91 Å². The summed E-state index contributed by atoms with van der Waals surface area (Å²) < 4.78 is 10.7. The third-order valence-electron chi connectivity index (χ3n) is 5.36. The van der Waals surface area contributed by atoms with E-state index in [4.69, 9.17) is 9.47 Å². The SMILES string of the molecule is COc1cc(NC(=O)CCC2CCNC2)c(C(=O)N2CCCC2)cc1OC. The largest absolute Gasteiger partial charge is 0.493 e. The van der Waals surface area contributed by atoms with E-state index in [2.05, 4.69) is 10.6 Å². The zero-order chi connectivity index (χ0) is 19.2. The summed E-state index contributed by atoms with van der Waals surface area (Å²) in [6.45, 7) is 3.49. The molecule has 148 valence electrons. The Morgan fingerprint density at radius 2 is 1.89 bits per heavy atom. The standard InChI is InChI=1S/C20H29N3O4/c1-26-17-11-15(20(25)23-9-3-4-10-23)16(12-18(17)27-2)22-19(24)6-5-14-7-8-21-13-14/h11-12,14,21H,3-10,13H2,1-2H3,(H,22,24). The maximum atomic E-state index is 13.0. The van der Waals surface area contributed by atoms with Crippen LogP contribution in [0.1, 0.15) is 42.5 Å².